The Kier molecular flexibility index (Phi) is 6.13. The van der Waals surface area contributed by atoms with Crippen LogP contribution in [-0.2, 0) is 20.9 Å². The molecule has 3 rings (SSSR count). The summed E-state index contributed by atoms with van der Waals surface area (Å²) in [5, 5.41) is 3.98. The molecule has 0 spiro atoms. The average Bonchev–Trinajstić information content (AvgIpc) is 2.66. The lowest BCUT2D eigenvalue weighted by molar-refractivity contribution is -0.142. The van der Waals surface area contributed by atoms with Gasteiger partial charge in [0.2, 0.25) is 5.91 Å². The summed E-state index contributed by atoms with van der Waals surface area (Å²) < 4.78 is 4.91. The number of carbonyl (C=O) groups is 2. The van der Waals surface area contributed by atoms with E-state index in [2.05, 4.69) is 5.32 Å². The van der Waals surface area contributed by atoms with Gasteiger partial charge in [-0.05, 0) is 29.8 Å². The highest BCUT2D eigenvalue weighted by Crippen LogP contribution is 2.44. The van der Waals surface area contributed by atoms with E-state index >= 15 is 0 Å². The molecule has 148 valence electrons. The van der Waals surface area contributed by atoms with E-state index in [4.69, 9.17) is 33.7 Å². The average molecular weight is 422 g/mol. The molecule has 1 aliphatic rings. The highest BCUT2D eigenvalue weighted by Gasteiger charge is 2.38. The molecule has 3 N–H and O–H groups in total. The first kappa shape index (κ1) is 20.5. The zero-order valence-electron chi connectivity index (χ0n) is 15.5. The van der Waals surface area contributed by atoms with Gasteiger partial charge >= 0.3 is 5.97 Å². The van der Waals surface area contributed by atoms with Crippen molar-refractivity contribution in [3.63, 3.8) is 0 Å². The van der Waals surface area contributed by atoms with Crippen LogP contribution in [-0.4, -0.2) is 25.0 Å². The molecule has 2 aromatic carbocycles. The van der Waals surface area contributed by atoms with Gasteiger partial charge in [-0.1, -0.05) is 35.3 Å². The summed E-state index contributed by atoms with van der Waals surface area (Å²) >= 11 is 12.7. The van der Waals surface area contributed by atoms with Gasteiger partial charge in [0.05, 0.1) is 13.2 Å². The van der Waals surface area contributed by atoms with Crippen LogP contribution in [0, 0.1) is 0 Å². The normalized spacial score (nSPS) is 18.0. The fourth-order valence-corrected chi connectivity index (χ4v) is 4.20. The molecule has 1 amide bonds. The van der Waals surface area contributed by atoms with E-state index in [1.54, 1.807) is 17.0 Å². The maximum Gasteiger partial charge on any atom is 0.328 e. The number of benzene rings is 2. The number of nitrogens with two attached hydrogens (primary N) is 1. The topological polar surface area (TPSA) is 84.7 Å². The lowest BCUT2D eigenvalue weighted by Gasteiger charge is -2.39. The van der Waals surface area contributed by atoms with E-state index < -0.39 is 18.1 Å². The Hall–Kier alpha value is -2.28. The second-order valence-corrected chi connectivity index (χ2v) is 7.43. The van der Waals surface area contributed by atoms with Gasteiger partial charge in [0.25, 0.3) is 0 Å². The molecule has 6 nitrogen and oxygen atoms in total. The van der Waals surface area contributed by atoms with Crippen LogP contribution in [0.25, 0.3) is 0 Å². The summed E-state index contributed by atoms with van der Waals surface area (Å²) in [6, 6.07) is 9.63. The fourth-order valence-electron chi connectivity index (χ4n) is 3.58. The second-order valence-electron chi connectivity index (χ2n) is 6.58. The molecule has 0 bridgehead atoms. The molecule has 0 unspecified atom stereocenters. The van der Waals surface area contributed by atoms with Crippen molar-refractivity contribution in [3.05, 3.63) is 57.6 Å². The highest BCUT2D eigenvalue weighted by molar-refractivity contribution is 6.35. The number of amides is 1. The van der Waals surface area contributed by atoms with Crippen LogP contribution in [0.15, 0.2) is 36.4 Å². The van der Waals surface area contributed by atoms with Crippen LogP contribution < -0.4 is 16.0 Å². The number of ether oxygens (including phenoxy) is 1. The number of anilines is 2. The predicted octanol–water partition coefficient (Wildman–Crippen LogP) is 3.90. The molecular formula is C20H21Cl2N3O3. The number of carbonyl (C=O) groups excluding carboxylic acids is 2. The molecule has 0 saturated heterocycles. The predicted molar refractivity (Wildman–Crippen MR) is 111 cm³/mol. The summed E-state index contributed by atoms with van der Waals surface area (Å²) in [6.45, 7) is 1.83. The van der Waals surface area contributed by atoms with Crippen LogP contribution in [0.1, 0.15) is 30.5 Å². The van der Waals surface area contributed by atoms with Crippen LogP contribution >= 0.6 is 23.2 Å². The number of fused-ring (bicyclic) bond motifs is 1. The molecular weight excluding hydrogens is 401 g/mol. The molecule has 2 aromatic rings. The third kappa shape index (κ3) is 3.94. The molecule has 1 aliphatic heterocycles. The first-order valence-corrected chi connectivity index (χ1v) is 9.53. The van der Waals surface area contributed by atoms with E-state index in [1.165, 1.54) is 14.0 Å². The van der Waals surface area contributed by atoms with Gasteiger partial charge in [-0.2, -0.15) is 0 Å². The maximum atomic E-state index is 12.7. The van der Waals surface area contributed by atoms with Crippen molar-refractivity contribution in [2.75, 3.05) is 17.3 Å². The summed E-state index contributed by atoms with van der Waals surface area (Å²) in [5.41, 5.74) is 8.65. The Balaban J connectivity index is 2.15. The number of nitrogens with one attached hydrogen (secondary N) is 1. The molecule has 2 atom stereocenters. The first-order chi connectivity index (χ1) is 13.3. The lowest BCUT2D eigenvalue weighted by Crippen LogP contribution is -2.43. The number of rotatable bonds is 4. The van der Waals surface area contributed by atoms with E-state index in [-0.39, 0.29) is 5.91 Å². The summed E-state index contributed by atoms with van der Waals surface area (Å²) in [6.07, 6.45) is 0.299. The lowest BCUT2D eigenvalue weighted by atomic mass is 9.90. The molecule has 1 heterocycles. The van der Waals surface area contributed by atoms with Crippen molar-refractivity contribution in [2.45, 2.75) is 32.0 Å². The third-order valence-corrected chi connectivity index (χ3v) is 5.31. The molecule has 0 saturated carbocycles. The number of halogens is 2. The maximum absolute atomic E-state index is 12.7. The van der Waals surface area contributed by atoms with Crippen LogP contribution in [0.4, 0.5) is 11.4 Å². The van der Waals surface area contributed by atoms with Crippen molar-refractivity contribution < 1.29 is 14.3 Å². The minimum atomic E-state index is -0.642. The second kappa shape index (κ2) is 8.39. The molecule has 28 heavy (non-hydrogen) atoms. The van der Waals surface area contributed by atoms with Crippen LogP contribution in [0.5, 0.6) is 0 Å². The van der Waals surface area contributed by atoms with Crippen molar-refractivity contribution in [1.82, 2.24) is 0 Å². The third-order valence-electron chi connectivity index (χ3n) is 4.78. The fraction of sp³-hybridized carbons (Fsp3) is 0.300. The highest BCUT2D eigenvalue weighted by atomic mass is 35.5. The van der Waals surface area contributed by atoms with Crippen molar-refractivity contribution in [3.8, 4) is 0 Å². The van der Waals surface area contributed by atoms with Crippen molar-refractivity contribution in [1.29, 1.82) is 0 Å². The SMILES string of the molecule is COC(=O)[C@@H]1C[C@@H](N(C(C)=O)c2cccc(CN)c2)c2c(Cl)cc(Cl)cc2N1. The number of nitrogens with zero attached hydrogens (tertiary/aromatic N) is 1. The van der Waals surface area contributed by atoms with Crippen LogP contribution in [0.2, 0.25) is 10.0 Å². The van der Waals surface area contributed by atoms with E-state index in [1.807, 2.05) is 24.3 Å². The molecule has 0 radical (unpaired) electrons. The smallest absolute Gasteiger partial charge is 0.328 e. The molecule has 0 aromatic heterocycles. The van der Waals surface area contributed by atoms with Gasteiger partial charge in [0.1, 0.15) is 6.04 Å². The first-order valence-electron chi connectivity index (χ1n) is 8.77. The van der Waals surface area contributed by atoms with Crippen molar-refractivity contribution in [2.24, 2.45) is 5.73 Å². The van der Waals surface area contributed by atoms with Gasteiger partial charge in [-0.25, -0.2) is 4.79 Å². The number of hydrogen-bond donors (Lipinski definition) is 2. The van der Waals surface area contributed by atoms with E-state index in [9.17, 15) is 9.59 Å². The Bertz CT molecular complexity index is 920. The Labute approximate surface area is 173 Å². The monoisotopic (exact) mass is 421 g/mol. The van der Waals surface area contributed by atoms with Crippen molar-refractivity contribution >= 4 is 46.5 Å². The summed E-state index contributed by atoms with van der Waals surface area (Å²) in [4.78, 5) is 26.6. The number of hydrogen-bond acceptors (Lipinski definition) is 5. The minimum absolute atomic E-state index is 0.179. The van der Waals surface area contributed by atoms with E-state index in [0.29, 0.717) is 39.9 Å². The van der Waals surface area contributed by atoms with Gasteiger partial charge in [-0.3, -0.25) is 4.79 Å². The van der Waals surface area contributed by atoms with Gasteiger partial charge in [0.15, 0.2) is 0 Å². The molecule has 0 fully saturated rings. The Morgan fingerprint density at radius 3 is 2.68 bits per heavy atom. The largest absolute Gasteiger partial charge is 0.467 e. The summed E-state index contributed by atoms with van der Waals surface area (Å²) in [5.74, 6) is -0.604. The van der Waals surface area contributed by atoms with Gasteiger partial charge in [0, 0.05) is 46.9 Å². The Morgan fingerprint density at radius 2 is 2.04 bits per heavy atom. The number of esters is 1. The zero-order valence-corrected chi connectivity index (χ0v) is 17.1. The Morgan fingerprint density at radius 1 is 1.29 bits per heavy atom. The summed E-state index contributed by atoms with van der Waals surface area (Å²) in [7, 11) is 1.33. The minimum Gasteiger partial charge on any atom is -0.467 e. The quantitative estimate of drug-likeness (QED) is 0.731. The standard InChI is InChI=1S/C20H21Cl2N3O3/c1-11(26)25(14-5-3-4-12(6-14)10-23)18-9-17(20(27)28-2)24-16-8-13(21)7-15(22)19(16)18/h3-8,17-18,24H,9-10,23H2,1-2H3/t17-,18+/m0/s1. The van der Waals surface area contributed by atoms with Crippen LogP contribution in [0.3, 0.4) is 0 Å². The molecule has 0 aliphatic carbocycles. The zero-order chi connectivity index (χ0) is 20.4. The van der Waals surface area contributed by atoms with Gasteiger partial charge < -0.3 is 20.7 Å². The van der Waals surface area contributed by atoms with Gasteiger partial charge in [-0.15, -0.1) is 0 Å². The number of methoxy groups -OCH3 is 1. The van der Waals surface area contributed by atoms with E-state index in [0.717, 1.165) is 5.56 Å². The molecule has 8 heteroatoms.